The Balaban J connectivity index is 2.07. The number of hydrogen-bond acceptors (Lipinski definition) is 5. The number of rotatable bonds is 6. The molecule has 0 aliphatic heterocycles. The van der Waals surface area contributed by atoms with E-state index in [1.54, 1.807) is 0 Å². The average Bonchev–Trinajstić information content (AvgIpc) is 2.82. The van der Waals surface area contributed by atoms with Crippen LogP contribution >= 0.6 is 0 Å². The number of benzene rings is 1. The van der Waals surface area contributed by atoms with Crippen LogP contribution in [0.1, 0.15) is 35.9 Å². The van der Waals surface area contributed by atoms with Crippen LogP contribution in [0.5, 0.6) is 5.75 Å². The van der Waals surface area contributed by atoms with Crippen molar-refractivity contribution in [2.24, 2.45) is 5.92 Å². The standard InChI is InChI=1S/C14H15FN2O4/c1-8(2)5-13-16-12(17-21-13)7-20-11-6-9(15)3-4-10(11)14(18)19/h3-4,6,8H,5,7H2,1-2H3,(H,18,19). The van der Waals surface area contributed by atoms with Gasteiger partial charge in [0.25, 0.3) is 0 Å². The number of aromatic nitrogens is 2. The summed E-state index contributed by atoms with van der Waals surface area (Å²) >= 11 is 0. The summed E-state index contributed by atoms with van der Waals surface area (Å²) < 4.78 is 23.5. The van der Waals surface area contributed by atoms with Gasteiger partial charge >= 0.3 is 5.97 Å². The van der Waals surface area contributed by atoms with Gasteiger partial charge < -0.3 is 14.4 Å². The van der Waals surface area contributed by atoms with Crippen LogP contribution in [0.25, 0.3) is 0 Å². The summed E-state index contributed by atoms with van der Waals surface area (Å²) in [6.45, 7) is 3.95. The van der Waals surface area contributed by atoms with Gasteiger partial charge in [0.15, 0.2) is 6.61 Å². The van der Waals surface area contributed by atoms with Crippen molar-refractivity contribution in [3.63, 3.8) is 0 Å². The van der Waals surface area contributed by atoms with E-state index in [0.29, 0.717) is 18.2 Å². The summed E-state index contributed by atoms with van der Waals surface area (Å²) in [6, 6.07) is 3.22. The first-order valence-electron chi connectivity index (χ1n) is 6.43. The Morgan fingerprint density at radius 3 is 2.90 bits per heavy atom. The molecule has 2 rings (SSSR count). The molecule has 0 aliphatic rings. The van der Waals surface area contributed by atoms with Crippen molar-refractivity contribution in [3.05, 3.63) is 41.3 Å². The fourth-order valence-corrected chi connectivity index (χ4v) is 1.72. The van der Waals surface area contributed by atoms with Crippen molar-refractivity contribution in [1.29, 1.82) is 0 Å². The number of carboxylic acids is 1. The van der Waals surface area contributed by atoms with E-state index in [1.165, 1.54) is 0 Å². The second-order valence-corrected chi connectivity index (χ2v) is 4.94. The number of aromatic carboxylic acids is 1. The lowest BCUT2D eigenvalue weighted by Crippen LogP contribution is -2.05. The lowest BCUT2D eigenvalue weighted by Gasteiger charge is -2.06. The van der Waals surface area contributed by atoms with Crippen LogP contribution < -0.4 is 4.74 Å². The van der Waals surface area contributed by atoms with E-state index in [2.05, 4.69) is 10.1 Å². The fraction of sp³-hybridized carbons (Fsp3) is 0.357. The van der Waals surface area contributed by atoms with Gasteiger partial charge in [-0.15, -0.1) is 0 Å². The summed E-state index contributed by atoms with van der Waals surface area (Å²) in [5, 5.41) is 12.7. The van der Waals surface area contributed by atoms with Crippen LogP contribution in [0.4, 0.5) is 4.39 Å². The Morgan fingerprint density at radius 2 is 2.24 bits per heavy atom. The monoisotopic (exact) mass is 294 g/mol. The molecule has 0 bridgehead atoms. The quantitative estimate of drug-likeness (QED) is 0.881. The molecule has 7 heteroatoms. The first-order valence-corrected chi connectivity index (χ1v) is 6.43. The molecule has 2 aromatic rings. The molecule has 0 spiro atoms. The zero-order chi connectivity index (χ0) is 15.4. The molecule has 21 heavy (non-hydrogen) atoms. The van der Waals surface area contributed by atoms with Gasteiger partial charge in [0.2, 0.25) is 11.7 Å². The van der Waals surface area contributed by atoms with Crippen molar-refractivity contribution in [2.75, 3.05) is 0 Å². The van der Waals surface area contributed by atoms with Gasteiger partial charge in [0.1, 0.15) is 17.1 Å². The smallest absolute Gasteiger partial charge is 0.339 e. The molecule has 1 heterocycles. The molecule has 0 unspecified atom stereocenters. The van der Waals surface area contributed by atoms with E-state index in [-0.39, 0.29) is 23.7 Å². The van der Waals surface area contributed by atoms with Crippen LogP contribution in [-0.2, 0) is 13.0 Å². The highest BCUT2D eigenvalue weighted by atomic mass is 19.1. The molecule has 0 saturated carbocycles. The zero-order valence-corrected chi connectivity index (χ0v) is 11.7. The Labute approximate surface area is 120 Å². The van der Waals surface area contributed by atoms with Gasteiger partial charge in [-0.1, -0.05) is 19.0 Å². The highest BCUT2D eigenvalue weighted by Gasteiger charge is 2.14. The van der Waals surface area contributed by atoms with E-state index in [0.717, 1.165) is 18.2 Å². The number of ether oxygens (including phenoxy) is 1. The third kappa shape index (κ3) is 4.01. The van der Waals surface area contributed by atoms with Gasteiger partial charge in [-0.05, 0) is 18.1 Å². The predicted molar refractivity (Wildman–Crippen MR) is 70.5 cm³/mol. The number of carboxylic acid groups (broad SMARTS) is 1. The van der Waals surface area contributed by atoms with E-state index in [1.807, 2.05) is 13.8 Å². The van der Waals surface area contributed by atoms with Gasteiger partial charge in [0.05, 0.1) is 0 Å². The van der Waals surface area contributed by atoms with Crippen molar-refractivity contribution >= 4 is 5.97 Å². The molecular weight excluding hydrogens is 279 g/mol. The lowest BCUT2D eigenvalue weighted by atomic mass is 10.1. The first kappa shape index (κ1) is 15.0. The van der Waals surface area contributed by atoms with E-state index in [4.69, 9.17) is 14.4 Å². The highest BCUT2D eigenvalue weighted by molar-refractivity contribution is 5.90. The molecule has 1 N–H and O–H groups in total. The van der Waals surface area contributed by atoms with E-state index < -0.39 is 11.8 Å². The van der Waals surface area contributed by atoms with Crippen LogP contribution in [0.3, 0.4) is 0 Å². The Bertz CT molecular complexity index is 640. The lowest BCUT2D eigenvalue weighted by molar-refractivity contribution is 0.0691. The van der Waals surface area contributed by atoms with Gasteiger partial charge in [-0.25, -0.2) is 9.18 Å². The average molecular weight is 294 g/mol. The number of halogens is 1. The summed E-state index contributed by atoms with van der Waals surface area (Å²) in [6.07, 6.45) is 0.646. The van der Waals surface area contributed by atoms with Crippen molar-refractivity contribution < 1.29 is 23.6 Å². The van der Waals surface area contributed by atoms with Crippen LogP contribution in [0, 0.1) is 11.7 Å². The third-order valence-electron chi connectivity index (χ3n) is 2.62. The summed E-state index contributed by atoms with van der Waals surface area (Å²) in [5.74, 6) is -0.700. The van der Waals surface area contributed by atoms with E-state index in [9.17, 15) is 9.18 Å². The molecule has 0 fully saturated rings. The van der Waals surface area contributed by atoms with Crippen molar-refractivity contribution in [1.82, 2.24) is 10.1 Å². The molecule has 0 atom stereocenters. The van der Waals surface area contributed by atoms with Crippen molar-refractivity contribution in [2.45, 2.75) is 26.9 Å². The van der Waals surface area contributed by atoms with Gasteiger partial charge in [0, 0.05) is 12.5 Å². The van der Waals surface area contributed by atoms with Crippen molar-refractivity contribution in [3.8, 4) is 5.75 Å². The highest BCUT2D eigenvalue weighted by Crippen LogP contribution is 2.21. The minimum Gasteiger partial charge on any atom is -0.484 e. The molecule has 1 aromatic carbocycles. The topological polar surface area (TPSA) is 85.5 Å². The second kappa shape index (κ2) is 6.34. The minimum absolute atomic E-state index is 0.0716. The SMILES string of the molecule is CC(C)Cc1nc(COc2cc(F)ccc2C(=O)O)no1. The number of carbonyl (C=O) groups is 1. The fourth-order valence-electron chi connectivity index (χ4n) is 1.72. The molecular formula is C14H15FN2O4. The number of nitrogens with zero attached hydrogens (tertiary/aromatic N) is 2. The summed E-state index contributed by atoms with van der Waals surface area (Å²) in [7, 11) is 0. The molecule has 6 nitrogen and oxygen atoms in total. The Hall–Kier alpha value is -2.44. The normalized spacial score (nSPS) is 10.9. The summed E-state index contributed by atoms with van der Waals surface area (Å²) in [4.78, 5) is 15.1. The molecule has 0 amide bonds. The maximum atomic E-state index is 13.2. The molecule has 112 valence electrons. The molecule has 0 saturated heterocycles. The van der Waals surface area contributed by atoms with Gasteiger partial charge in [-0.3, -0.25) is 0 Å². The molecule has 0 aliphatic carbocycles. The van der Waals surface area contributed by atoms with Gasteiger partial charge in [-0.2, -0.15) is 4.98 Å². The van der Waals surface area contributed by atoms with Crippen LogP contribution in [0.15, 0.2) is 22.7 Å². The number of hydrogen-bond donors (Lipinski definition) is 1. The first-order chi connectivity index (χ1) is 9.95. The molecule has 0 radical (unpaired) electrons. The minimum atomic E-state index is -1.20. The maximum Gasteiger partial charge on any atom is 0.339 e. The Morgan fingerprint density at radius 1 is 1.48 bits per heavy atom. The van der Waals surface area contributed by atoms with Crippen LogP contribution in [-0.4, -0.2) is 21.2 Å². The molecule has 1 aromatic heterocycles. The third-order valence-corrected chi connectivity index (χ3v) is 2.62. The summed E-state index contributed by atoms with van der Waals surface area (Å²) in [5.41, 5.74) is -0.123. The second-order valence-electron chi connectivity index (χ2n) is 4.94. The predicted octanol–water partition coefficient (Wildman–Crippen LogP) is 2.68. The maximum absolute atomic E-state index is 13.2. The van der Waals surface area contributed by atoms with E-state index >= 15 is 0 Å². The Kier molecular flexibility index (Phi) is 4.52. The largest absolute Gasteiger partial charge is 0.484 e. The zero-order valence-electron chi connectivity index (χ0n) is 11.7. The van der Waals surface area contributed by atoms with Crippen LogP contribution in [0.2, 0.25) is 0 Å².